The average Bonchev–Trinajstić information content (AvgIpc) is 2.59. The number of hydrogen-bond acceptors (Lipinski definition) is 4. The number of aliphatic carboxylic acids is 1. The zero-order valence-corrected chi connectivity index (χ0v) is 10.6. The van der Waals surface area contributed by atoms with Gasteiger partial charge in [-0.15, -0.1) is 0 Å². The van der Waals surface area contributed by atoms with Crippen LogP contribution in [0.25, 0.3) is 0 Å². The quantitative estimate of drug-likeness (QED) is 0.858. The van der Waals surface area contributed by atoms with Crippen molar-refractivity contribution in [3.63, 3.8) is 0 Å². The van der Waals surface area contributed by atoms with Crippen LogP contribution >= 0.6 is 0 Å². The summed E-state index contributed by atoms with van der Waals surface area (Å²) in [5.41, 5.74) is -0.554. The van der Waals surface area contributed by atoms with Gasteiger partial charge in [0.25, 0.3) is 0 Å². The fourth-order valence-electron chi connectivity index (χ4n) is 1.23. The number of carbonyl (C=O) groups is 2. The Hall–Kier alpha value is -1.98. The summed E-state index contributed by atoms with van der Waals surface area (Å²) in [7, 11) is 0. The molecule has 0 spiro atoms. The normalized spacial score (nSPS) is 11.1. The van der Waals surface area contributed by atoms with Crippen LogP contribution in [0, 0.1) is 0 Å². The van der Waals surface area contributed by atoms with Gasteiger partial charge in [0.15, 0.2) is 0 Å². The van der Waals surface area contributed by atoms with Gasteiger partial charge in [0.2, 0.25) is 0 Å². The molecule has 0 atom stereocenters. The molecule has 0 aliphatic rings. The second-order valence-corrected chi connectivity index (χ2v) is 4.79. The van der Waals surface area contributed by atoms with E-state index in [0.717, 1.165) is 0 Å². The first-order valence-electron chi connectivity index (χ1n) is 5.52. The molecule has 100 valence electrons. The molecule has 0 aliphatic carbocycles. The van der Waals surface area contributed by atoms with Gasteiger partial charge in [-0.1, -0.05) is 0 Å². The van der Waals surface area contributed by atoms with E-state index in [0.29, 0.717) is 11.5 Å². The summed E-state index contributed by atoms with van der Waals surface area (Å²) in [5.74, 6) is -0.128. The van der Waals surface area contributed by atoms with Crippen LogP contribution in [-0.2, 0) is 22.5 Å². The number of carbonyl (C=O) groups excluding carboxylic acids is 1. The van der Waals surface area contributed by atoms with Crippen molar-refractivity contribution in [2.24, 2.45) is 0 Å². The molecule has 0 bridgehead atoms. The summed E-state index contributed by atoms with van der Waals surface area (Å²) in [6, 6.07) is 3.19. The van der Waals surface area contributed by atoms with Gasteiger partial charge in [0.05, 0.1) is 6.54 Å². The first kappa shape index (κ1) is 14.1. The molecule has 0 fully saturated rings. The SMILES string of the molecule is CC(C)(C)OC(=O)NCc1ccc(CC(=O)O)o1. The third-order valence-corrected chi connectivity index (χ3v) is 1.85. The van der Waals surface area contributed by atoms with Gasteiger partial charge in [-0.2, -0.15) is 0 Å². The molecule has 1 amide bonds. The zero-order chi connectivity index (χ0) is 13.8. The highest BCUT2D eigenvalue weighted by atomic mass is 16.6. The molecule has 0 unspecified atom stereocenters. The maximum Gasteiger partial charge on any atom is 0.408 e. The minimum atomic E-state index is -0.962. The highest BCUT2D eigenvalue weighted by Gasteiger charge is 2.16. The molecule has 0 saturated carbocycles. The Balaban J connectivity index is 2.42. The summed E-state index contributed by atoms with van der Waals surface area (Å²) >= 11 is 0. The molecular formula is C12H17NO5. The van der Waals surface area contributed by atoms with E-state index in [1.54, 1.807) is 32.9 Å². The van der Waals surface area contributed by atoms with Crippen molar-refractivity contribution in [2.45, 2.75) is 39.3 Å². The lowest BCUT2D eigenvalue weighted by Gasteiger charge is -2.19. The minimum absolute atomic E-state index is 0.161. The number of alkyl carbamates (subject to hydrolysis) is 1. The van der Waals surface area contributed by atoms with Gasteiger partial charge in [-0.25, -0.2) is 4.79 Å². The van der Waals surface area contributed by atoms with E-state index in [1.165, 1.54) is 0 Å². The van der Waals surface area contributed by atoms with E-state index in [4.69, 9.17) is 14.3 Å². The van der Waals surface area contributed by atoms with Crippen LogP contribution in [0.2, 0.25) is 0 Å². The van der Waals surface area contributed by atoms with Gasteiger partial charge >= 0.3 is 12.1 Å². The van der Waals surface area contributed by atoms with Gasteiger partial charge < -0.3 is 19.6 Å². The lowest BCUT2D eigenvalue weighted by atomic mass is 10.2. The Morgan fingerprint density at radius 1 is 1.33 bits per heavy atom. The third kappa shape index (κ3) is 5.38. The summed E-state index contributed by atoms with van der Waals surface area (Å²) in [5, 5.41) is 11.1. The first-order chi connectivity index (χ1) is 8.26. The largest absolute Gasteiger partial charge is 0.481 e. The molecular weight excluding hydrogens is 238 g/mol. The molecule has 0 aliphatic heterocycles. The zero-order valence-electron chi connectivity index (χ0n) is 10.6. The molecule has 0 radical (unpaired) electrons. The van der Waals surface area contributed by atoms with Gasteiger partial charge in [-0.05, 0) is 32.9 Å². The number of amides is 1. The topological polar surface area (TPSA) is 88.8 Å². The molecule has 6 heteroatoms. The number of ether oxygens (including phenoxy) is 1. The predicted molar refractivity (Wildman–Crippen MR) is 63.1 cm³/mol. The smallest absolute Gasteiger partial charge is 0.408 e. The number of nitrogens with one attached hydrogen (secondary N) is 1. The Kier molecular flexibility index (Phi) is 4.36. The summed E-state index contributed by atoms with van der Waals surface area (Å²) < 4.78 is 10.3. The monoisotopic (exact) mass is 255 g/mol. The van der Waals surface area contributed by atoms with Crippen molar-refractivity contribution in [1.29, 1.82) is 0 Å². The number of hydrogen-bond donors (Lipinski definition) is 2. The molecule has 0 saturated heterocycles. The van der Waals surface area contributed by atoms with Crippen LogP contribution in [0.3, 0.4) is 0 Å². The van der Waals surface area contributed by atoms with E-state index in [-0.39, 0.29) is 13.0 Å². The highest BCUT2D eigenvalue weighted by molar-refractivity contribution is 5.69. The van der Waals surface area contributed by atoms with E-state index >= 15 is 0 Å². The van der Waals surface area contributed by atoms with Gasteiger partial charge in [-0.3, -0.25) is 4.79 Å². The standard InChI is InChI=1S/C12H17NO5/c1-12(2,3)18-11(16)13-7-9-5-4-8(17-9)6-10(14)15/h4-5H,6-7H2,1-3H3,(H,13,16)(H,14,15). The Morgan fingerprint density at radius 3 is 2.50 bits per heavy atom. The lowest BCUT2D eigenvalue weighted by molar-refractivity contribution is -0.136. The molecule has 6 nitrogen and oxygen atoms in total. The van der Waals surface area contributed by atoms with E-state index in [9.17, 15) is 9.59 Å². The lowest BCUT2D eigenvalue weighted by Crippen LogP contribution is -2.32. The van der Waals surface area contributed by atoms with Crippen LogP contribution in [0.5, 0.6) is 0 Å². The first-order valence-corrected chi connectivity index (χ1v) is 5.52. The number of carboxylic acid groups (broad SMARTS) is 1. The van der Waals surface area contributed by atoms with E-state index < -0.39 is 17.7 Å². The van der Waals surface area contributed by atoms with Gasteiger partial charge in [0, 0.05) is 0 Å². The second-order valence-electron chi connectivity index (χ2n) is 4.79. The molecule has 1 aromatic heterocycles. The maximum absolute atomic E-state index is 11.3. The molecule has 0 aromatic carbocycles. The van der Waals surface area contributed by atoms with Crippen LogP contribution < -0.4 is 5.32 Å². The molecule has 18 heavy (non-hydrogen) atoms. The predicted octanol–water partition coefficient (Wildman–Crippen LogP) is 1.93. The molecule has 1 aromatic rings. The number of carboxylic acids is 1. The maximum atomic E-state index is 11.3. The number of rotatable bonds is 4. The number of furan rings is 1. The summed E-state index contributed by atoms with van der Waals surface area (Å²) in [6.45, 7) is 5.47. The van der Waals surface area contributed by atoms with Crippen molar-refractivity contribution in [3.8, 4) is 0 Å². The second kappa shape index (κ2) is 5.57. The summed E-state index contributed by atoms with van der Waals surface area (Å²) in [4.78, 5) is 21.8. The van der Waals surface area contributed by atoms with E-state index in [2.05, 4.69) is 5.32 Å². The van der Waals surface area contributed by atoms with Crippen molar-refractivity contribution >= 4 is 12.1 Å². The average molecular weight is 255 g/mol. The van der Waals surface area contributed by atoms with Crippen LogP contribution in [-0.4, -0.2) is 22.8 Å². The van der Waals surface area contributed by atoms with Crippen LogP contribution in [0.15, 0.2) is 16.5 Å². The van der Waals surface area contributed by atoms with Crippen LogP contribution in [0.1, 0.15) is 32.3 Å². The Morgan fingerprint density at radius 2 is 1.94 bits per heavy atom. The van der Waals surface area contributed by atoms with E-state index in [1.807, 2.05) is 0 Å². The fourth-order valence-corrected chi connectivity index (χ4v) is 1.23. The summed E-state index contributed by atoms with van der Waals surface area (Å²) in [6.07, 6.45) is -0.717. The fraction of sp³-hybridized carbons (Fsp3) is 0.500. The molecule has 1 rings (SSSR count). The van der Waals surface area contributed by atoms with Crippen molar-refractivity contribution in [1.82, 2.24) is 5.32 Å². The van der Waals surface area contributed by atoms with Crippen LogP contribution in [0.4, 0.5) is 4.79 Å². The minimum Gasteiger partial charge on any atom is -0.481 e. The van der Waals surface area contributed by atoms with Crippen molar-refractivity contribution in [2.75, 3.05) is 0 Å². The Labute approximate surface area is 105 Å². The third-order valence-electron chi connectivity index (χ3n) is 1.85. The molecule has 2 N–H and O–H groups in total. The van der Waals surface area contributed by atoms with Gasteiger partial charge in [0.1, 0.15) is 23.5 Å². The van der Waals surface area contributed by atoms with Crippen molar-refractivity contribution < 1.29 is 23.8 Å². The molecule has 1 heterocycles. The highest BCUT2D eigenvalue weighted by Crippen LogP contribution is 2.10. The Bertz CT molecular complexity index is 430. The van der Waals surface area contributed by atoms with Crippen molar-refractivity contribution in [3.05, 3.63) is 23.7 Å².